The smallest absolute Gasteiger partial charge is 0.185 e. The molecule has 0 aliphatic heterocycles. The minimum absolute atomic E-state index is 0.0261. The molecule has 0 aliphatic rings. The van der Waals surface area contributed by atoms with Gasteiger partial charge in [-0.05, 0) is 68.4 Å². The van der Waals surface area contributed by atoms with Gasteiger partial charge in [-0.15, -0.1) is 0 Å². The largest absolute Gasteiger partial charge is 0.390 e. The Bertz CT molecular complexity index is 1050. The Morgan fingerprint density at radius 1 is 1.06 bits per heavy atom. The lowest BCUT2D eigenvalue weighted by molar-refractivity contribution is 0.0973. The molecule has 2 aromatic carbocycles. The summed E-state index contributed by atoms with van der Waals surface area (Å²) < 4.78 is 3.06. The Morgan fingerprint density at radius 2 is 1.73 bits per heavy atom. The number of carbonyl (C=O) groups is 1. The van der Waals surface area contributed by atoms with Gasteiger partial charge in [0.1, 0.15) is 0 Å². The quantitative estimate of drug-likeness (QED) is 0.209. The molecule has 0 amide bonds. The fraction of sp³-hybridized carbons (Fsp3) is 0.393. The van der Waals surface area contributed by atoms with Crippen LogP contribution in [0.5, 0.6) is 0 Å². The van der Waals surface area contributed by atoms with E-state index < -0.39 is 6.10 Å². The summed E-state index contributed by atoms with van der Waals surface area (Å²) in [6, 6.07) is 15.5. The van der Waals surface area contributed by atoms with Crippen LogP contribution in [0.4, 0.5) is 0 Å². The van der Waals surface area contributed by atoms with Gasteiger partial charge < -0.3 is 14.6 Å². The van der Waals surface area contributed by atoms with Crippen molar-refractivity contribution in [2.45, 2.75) is 52.2 Å². The number of benzene rings is 2. The van der Waals surface area contributed by atoms with Crippen LogP contribution in [0, 0.1) is 0 Å². The fourth-order valence-electron chi connectivity index (χ4n) is 4.08. The van der Waals surface area contributed by atoms with Gasteiger partial charge in [0.15, 0.2) is 5.78 Å². The standard InChI is InChI=1S/C28H35BrN2O2/c1-3-5-17-30(18-6-4-2)20-25(32)21-31-19-23(26-9-7-8-10-27(26)31)13-16-28(33)22-11-14-24(29)15-12-22/h7-16,19,25,32H,3-6,17-18,20-21H2,1-2H3/b16-13+/t25-/m0/s1. The Labute approximate surface area is 206 Å². The highest BCUT2D eigenvalue weighted by atomic mass is 79.9. The van der Waals surface area contributed by atoms with Crippen molar-refractivity contribution < 1.29 is 9.90 Å². The Balaban J connectivity index is 1.74. The van der Waals surface area contributed by atoms with Crippen LogP contribution in [0.3, 0.4) is 0 Å². The SMILES string of the molecule is CCCCN(CCCC)C[C@H](O)Cn1cc(/C=C/C(=O)c2ccc(Br)cc2)c2ccccc21. The first-order valence-corrected chi connectivity index (χ1v) is 12.8. The van der Waals surface area contributed by atoms with Crippen LogP contribution in [-0.2, 0) is 6.54 Å². The summed E-state index contributed by atoms with van der Waals surface area (Å²) in [5.41, 5.74) is 2.71. The summed E-state index contributed by atoms with van der Waals surface area (Å²) in [6.45, 7) is 7.69. The Morgan fingerprint density at radius 3 is 2.39 bits per heavy atom. The molecule has 0 aliphatic carbocycles. The molecule has 33 heavy (non-hydrogen) atoms. The first-order chi connectivity index (χ1) is 16.0. The normalized spacial score (nSPS) is 12.8. The van der Waals surface area contributed by atoms with Crippen molar-refractivity contribution in [3.63, 3.8) is 0 Å². The van der Waals surface area contributed by atoms with Crippen LogP contribution in [0.1, 0.15) is 55.5 Å². The predicted octanol–water partition coefficient (Wildman–Crippen LogP) is 6.56. The second-order valence-electron chi connectivity index (χ2n) is 8.62. The van der Waals surface area contributed by atoms with E-state index in [1.165, 1.54) is 0 Å². The lowest BCUT2D eigenvalue weighted by atomic mass is 10.1. The van der Waals surface area contributed by atoms with Crippen molar-refractivity contribution in [2.75, 3.05) is 19.6 Å². The average molecular weight is 512 g/mol. The van der Waals surface area contributed by atoms with Gasteiger partial charge in [-0.3, -0.25) is 4.79 Å². The van der Waals surface area contributed by atoms with Crippen molar-refractivity contribution in [2.24, 2.45) is 0 Å². The molecule has 176 valence electrons. The number of aliphatic hydroxyl groups excluding tert-OH is 1. The van der Waals surface area contributed by atoms with Gasteiger partial charge in [-0.2, -0.15) is 0 Å². The van der Waals surface area contributed by atoms with Crippen LogP contribution >= 0.6 is 15.9 Å². The molecule has 5 heteroatoms. The van der Waals surface area contributed by atoms with Crippen molar-refractivity contribution >= 4 is 38.7 Å². The van der Waals surface area contributed by atoms with E-state index >= 15 is 0 Å². The summed E-state index contributed by atoms with van der Waals surface area (Å²) in [5.74, 6) is -0.0261. The van der Waals surface area contributed by atoms with E-state index in [2.05, 4.69) is 51.4 Å². The van der Waals surface area contributed by atoms with Gasteiger partial charge in [-0.1, -0.05) is 60.8 Å². The molecular weight excluding hydrogens is 476 g/mol. The number of allylic oxidation sites excluding steroid dienone is 1. The molecule has 1 N–H and O–H groups in total. The number of nitrogens with zero attached hydrogens (tertiary/aromatic N) is 2. The minimum Gasteiger partial charge on any atom is -0.390 e. The number of rotatable bonds is 13. The van der Waals surface area contributed by atoms with E-state index in [9.17, 15) is 9.90 Å². The van der Waals surface area contributed by atoms with E-state index in [1.807, 2.05) is 48.7 Å². The third kappa shape index (κ3) is 7.39. The van der Waals surface area contributed by atoms with Crippen LogP contribution in [0.15, 0.2) is 65.3 Å². The highest BCUT2D eigenvalue weighted by Crippen LogP contribution is 2.23. The molecule has 1 heterocycles. The first kappa shape index (κ1) is 25.4. The molecule has 1 atom stereocenters. The lowest BCUT2D eigenvalue weighted by Crippen LogP contribution is -2.36. The molecule has 0 unspecified atom stereocenters. The topological polar surface area (TPSA) is 45.5 Å². The number of carbonyl (C=O) groups excluding carboxylic acids is 1. The predicted molar refractivity (Wildman–Crippen MR) is 142 cm³/mol. The van der Waals surface area contributed by atoms with Gasteiger partial charge in [0.25, 0.3) is 0 Å². The Kier molecular flexibility index (Phi) is 9.92. The van der Waals surface area contributed by atoms with E-state index in [1.54, 1.807) is 6.08 Å². The van der Waals surface area contributed by atoms with E-state index in [4.69, 9.17) is 0 Å². The third-order valence-electron chi connectivity index (χ3n) is 5.89. The molecule has 0 saturated heterocycles. The van der Waals surface area contributed by atoms with Crippen molar-refractivity contribution in [3.8, 4) is 0 Å². The van der Waals surface area contributed by atoms with E-state index in [-0.39, 0.29) is 5.78 Å². The molecule has 1 aromatic heterocycles. The highest BCUT2D eigenvalue weighted by Gasteiger charge is 2.14. The summed E-state index contributed by atoms with van der Waals surface area (Å²) in [4.78, 5) is 15.0. The zero-order valence-electron chi connectivity index (χ0n) is 19.7. The zero-order chi connectivity index (χ0) is 23.6. The van der Waals surface area contributed by atoms with Crippen molar-refractivity contribution in [1.82, 2.24) is 9.47 Å². The average Bonchev–Trinajstić information content (AvgIpc) is 3.17. The van der Waals surface area contributed by atoms with Gasteiger partial charge in [0.05, 0.1) is 6.10 Å². The highest BCUT2D eigenvalue weighted by molar-refractivity contribution is 9.10. The Hall–Kier alpha value is -2.21. The molecule has 0 spiro atoms. The molecular formula is C28H35BrN2O2. The monoisotopic (exact) mass is 510 g/mol. The van der Waals surface area contributed by atoms with Crippen LogP contribution < -0.4 is 0 Å². The van der Waals surface area contributed by atoms with Crippen LogP contribution in [0.25, 0.3) is 17.0 Å². The summed E-state index contributed by atoms with van der Waals surface area (Å²) in [5, 5.41) is 12.0. The summed E-state index contributed by atoms with van der Waals surface area (Å²) in [7, 11) is 0. The van der Waals surface area contributed by atoms with Gasteiger partial charge in [-0.25, -0.2) is 0 Å². The number of hydrogen-bond donors (Lipinski definition) is 1. The second kappa shape index (κ2) is 12.9. The van der Waals surface area contributed by atoms with Crippen LogP contribution in [0.2, 0.25) is 0 Å². The molecule has 0 saturated carbocycles. The number of aromatic nitrogens is 1. The molecule has 0 bridgehead atoms. The molecule has 0 radical (unpaired) electrons. The van der Waals surface area contributed by atoms with E-state index in [0.717, 1.165) is 59.7 Å². The number of aliphatic hydroxyl groups is 1. The maximum atomic E-state index is 12.6. The van der Waals surface area contributed by atoms with Gasteiger partial charge >= 0.3 is 0 Å². The maximum Gasteiger partial charge on any atom is 0.185 e. The number of hydrogen-bond acceptors (Lipinski definition) is 3. The second-order valence-corrected chi connectivity index (χ2v) is 9.54. The summed E-state index contributed by atoms with van der Waals surface area (Å²) >= 11 is 3.40. The maximum absolute atomic E-state index is 12.6. The number of fused-ring (bicyclic) bond motifs is 1. The number of halogens is 1. The van der Waals surface area contributed by atoms with E-state index in [0.29, 0.717) is 18.7 Å². The fourth-order valence-corrected chi connectivity index (χ4v) is 4.34. The van der Waals surface area contributed by atoms with Gasteiger partial charge in [0, 0.05) is 45.8 Å². The molecule has 0 fully saturated rings. The number of ketones is 1. The zero-order valence-corrected chi connectivity index (χ0v) is 21.3. The molecule has 3 aromatic rings. The summed E-state index contributed by atoms with van der Waals surface area (Å²) in [6.07, 6.45) is 9.74. The lowest BCUT2D eigenvalue weighted by Gasteiger charge is -2.25. The minimum atomic E-state index is -0.448. The third-order valence-corrected chi connectivity index (χ3v) is 6.42. The van der Waals surface area contributed by atoms with Gasteiger partial charge in [0.2, 0.25) is 0 Å². The molecule has 4 nitrogen and oxygen atoms in total. The first-order valence-electron chi connectivity index (χ1n) is 12.0. The van der Waals surface area contributed by atoms with Crippen LogP contribution in [-0.4, -0.2) is 46.1 Å². The number of para-hydroxylation sites is 1. The molecule has 3 rings (SSSR count). The number of unbranched alkanes of at least 4 members (excludes halogenated alkanes) is 2. The van der Waals surface area contributed by atoms with Crippen molar-refractivity contribution in [1.29, 1.82) is 0 Å². The van der Waals surface area contributed by atoms with Crippen molar-refractivity contribution in [3.05, 3.63) is 76.4 Å².